The van der Waals surface area contributed by atoms with Gasteiger partial charge in [-0.05, 0) is 65.2 Å². The van der Waals surface area contributed by atoms with Gasteiger partial charge in [0.05, 0.1) is 74.1 Å². The topological polar surface area (TPSA) is 186 Å². The Bertz CT molecular complexity index is 971. The Morgan fingerprint density at radius 1 is 0.609 bits per heavy atom. The molecule has 0 aromatic heterocycles. The Hall–Kier alpha value is -2.80. The number of rotatable bonds is 19. The molecule has 46 heavy (non-hydrogen) atoms. The van der Waals surface area contributed by atoms with E-state index < -0.39 is 58.4 Å². The largest absolute Gasteiger partial charge is 0.465 e. The number of hydrogen-bond acceptors (Lipinski definition) is 12. The van der Waals surface area contributed by atoms with E-state index in [0.29, 0.717) is 51.4 Å². The molecule has 4 N–H and O–H groups in total. The van der Waals surface area contributed by atoms with Crippen LogP contribution in [-0.2, 0) is 38.1 Å². The monoisotopic (exact) mass is 654 g/mol. The minimum atomic E-state index is -0.936. The molecule has 0 heterocycles. The fourth-order valence-electron chi connectivity index (χ4n) is 5.51. The van der Waals surface area contributed by atoms with E-state index in [0.717, 1.165) is 11.1 Å². The van der Waals surface area contributed by atoms with Crippen LogP contribution in [0.15, 0.2) is 23.3 Å². The first-order chi connectivity index (χ1) is 21.9. The highest BCUT2D eigenvalue weighted by molar-refractivity contribution is 5.83. The summed E-state index contributed by atoms with van der Waals surface area (Å²) in [6.07, 6.45) is 6.81. The van der Waals surface area contributed by atoms with Crippen molar-refractivity contribution in [1.29, 1.82) is 0 Å². The smallest absolute Gasteiger partial charge is 0.310 e. The zero-order valence-electron chi connectivity index (χ0n) is 27.8. The molecule has 0 bridgehead atoms. The average Bonchev–Trinajstić information content (AvgIpc) is 3.07. The summed E-state index contributed by atoms with van der Waals surface area (Å²) >= 11 is 0. The van der Waals surface area contributed by atoms with Gasteiger partial charge in [0.15, 0.2) is 0 Å². The van der Waals surface area contributed by atoms with Crippen molar-refractivity contribution in [3.05, 3.63) is 23.3 Å². The van der Waals surface area contributed by atoms with Gasteiger partial charge in [-0.2, -0.15) is 0 Å². The van der Waals surface area contributed by atoms with Gasteiger partial charge in [-0.15, -0.1) is 0 Å². The number of aliphatic hydroxyl groups excluding tert-OH is 4. The van der Waals surface area contributed by atoms with Gasteiger partial charge in [0.1, 0.15) is 13.2 Å². The fraction of sp³-hybridized carbons (Fsp3) is 0.765. The van der Waals surface area contributed by atoms with Gasteiger partial charge < -0.3 is 39.4 Å². The average molecular weight is 655 g/mol. The lowest BCUT2D eigenvalue weighted by Gasteiger charge is -2.31. The van der Waals surface area contributed by atoms with Crippen molar-refractivity contribution >= 4 is 23.9 Å². The molecule has 0 aromatic rings. The molecule has 0 aliphatic heterocycles. The summed E-state index contributed by atoms with van der Waals surface area (Å²) in [6, 6.07) is 0. The maximum atomic E-state index is 13.0. The third kappa shape index (κ3) is 10.9. The van der Waals surface area contributed by atoms with Crippen molar-refractivity contribution in [3.8, 4) is 0 Å². The van der Waals surface area contributed by atoms with Crippen molar-refractivity contribution in [2.45, 2.75) is 79.1 Å². The molecule has 12 nitrogen and oxygen atoms in total. The molecule has 2 aliphatic carbocycles. The third-order valence-electron chi connectivity index (χ3n) is 9.62. The number of carbonyl (C=O) groups is 4. The molecular formula is C34H54O12. The van der Waals surface area contributed by atoms with Crippen LogP contribution in [0.3, 0.4) is 0 Å². The van der Waals surface area contributed by atoms with Crippen LogP contribution < -0.4 is 0 Å². The van der Waals surface area contributed by atoms with Gasteiger partial charge >= 0.3 is 23.9 Å². The van der Waals surface area contributed by atoms with Gasteiger partial charge in [-0.3, -0.25) is 19.2 Å². The van der Waals surface area contributed by atoms with Gasteiger partial charge in [0.25, 0.3) is 0 Å². The second-order valence-electron chi connectivity index (χ2n) is 13.0. The van der Waals surface area contributed by atoms with Gasteiger partial charge in [0, 0.05) is 0 Å². The molecular weight excluding hydrogens is 600 g/mol. The van der Waals surface area contributed by atoms with E-state index >= 15 is 0 Å². The lowest BCUT2D eigenvalue weighted by Crippen LogP contribution is -2.39. The second kappa shape index (κ2) is 19.1. The standard InChI is InChI=1S/C34H54O12/c1-5-33(17-35,18-36)21-45-29(39)25-11-9-23(3)15-27(25)31(41)43-13-7-8-14-44-32(42)28-16-24(4)10-12-26(28)30(40)46-22-34(6-2,19-37)20-38/h9-10,25-28,35-38H,5-8,11-22H2,1-4H3. The maximum Gasteiger partial charge on any atom is 0.310 e. The number of carbonyl (C=O) groups excluding carboxylic acids is 4. The molecule has 2 rings (SSSR count). The number of allylic oxidation sites excluding steroid dienone is 4. The summed E-state index contributed by atoms with van der Waals surface area (Å²) in [5.41, 5.74) is 0.0597. The van der Waals surface area contributed by atoms with Crippen molar-refractivity contribution < 1.29 is 58.6 Å². The molecule has 0 saturated carbocycles. The Morgan fingerprint density at radius 3 is 1.24 bits per heavy atom. The maximum absolute atomic E-state index is 13.0. The lowest BCUT2D eigenvalue weighted by molar-refractivity contribution is -0.165. The first-order valence-corrected chi connectivity index (χ1v) is 16.4. The third-order valence-corrected chi connectivity index (χ3v) is 9.62. The minimum absolute atomic E-state index is 0.0699. The van der Waals surface area contributed by atoms with E-state index in [-0.39, 0.29) is 52.9 Å². The molecule has 4 atom stereocenters. The number of unbranched alkanes of at least 4 members (excludes halogenated alkanes) is 1. The predicted octanol–water partition coefficient (Wildman–Crippen LogP) is 2.65. The van der Waals surface area contributed by atoms with E-state index in [1.54, 1.807) is 13.8 Å². The van der Waals surface area contributed by atoms with Crippen LogP contribution >= 0.6 is 0 Å². The molecule has 262 valence electrons. The summed E-state index contributed by atoms with van der Waals surface area (Å²) in [7, 11) is 0. The van der Waals surface area contributed by atoms with Crippen molar-refractivity contribution in [2.75, 3.05) is 52.9 Å². The molecule has 12 heteroatoms. The van der Waals surface area contributed by atoms with E-state index in [4.69, 9.17) is 18.9 Å². The molecule has 0 radical (unpaired) electrons. The SMILES string of the molecule is CCC(CO)(CO)COC(=O)C1CC=C(C)CC1C(=O)OCCCCOC(=O)C1CC(C)=CCC1C(=O)OCC(CC)(CO)CO. The first-order valence-electron chi connectivity index (χ1n) is 16.4. The number of aliphatic hydroxyl groups is 4. The quantitative estimate of drug-likeness (QED) is 0.0692. The molecule has 0 saturated heterocycles. The molecule has 0 fully saturated rings. The highest BCUT2D eigenvalue weighted by Gasteiger charge is 2.40. The van der Waals surface area contributed by atoms with Crippen LogP contribution in [0, 0.1) is 34.5 Å². The lowest BCUT2D eigenvalue weighted by atomic mass is 9.80. The van der Waals surface area contributed by atoms with Gasteiger partial charge in [-0.25, -0.2) is 0 Å². The summed E-state index contributed by atoms with van der Waals surface area (Å²) < 4.78 is 21.9. The van der Waals surface area contributed by atoms with Crippen molar-refractivity contribution in [3.63, 3.8) is 0 Å². The Labute approximate surface area is 272 Å². The van der Waals surface area contributed by atoms with Crippen LogP contribution in [0.25, 0.3) is 0 Å². The number of ether oxygens (including phenoxy) is 4. The molecule has 0 spiro atoms. The Morgan fingerprint density at radius 2 is 0.935 bits per heavy atom. The molecule has 2 aliphatic rings. The van der Waals surface area contributed by atoms with Crippen LogP contribution in [0.5, 0.6) is 0 Å². The normalized spacial score (nSPS) is 21.9. The van der Waals surface area contributed by atoms with E-state index in [9.17, 15) is 39.6 Å². The molecule has 0 amide bonds. The summed E-state index contributed by atoms with van der Waals surface area (Å²) in [5, 5.41) is 38.6. The summed E-state index contributed by atoms with van der Waals surface area (Å²) in [6.45, 7) is 5.83. The van der Waals surface area contributed by atoms with Gasteiger partial charge in [-0.1, -0.05) is 37.1 Å². The van der Waals surface area contributed by atoms with E-state index in [1.807, 2.05) is 26.0 Å². The number of hydrogen-bond donors (Lipinski definition) is 4. The second-order valence-corrected chi connectivity index (χ2v) is 13.0. The highest BCUT2D eigenvalue weighted by atomic mass is 16.6. The zero-order chi connectivity index (χ0) is 34.3. The van der Waals surface area contributed by atoms with Crippen LogP contribution in [0.2, 0.25) is 0 Å². The molecule has 4 unspecified atom stereocenters. The fourth-order valence-corrected chi connectivity index (χ4v) is 5.51. The van der Waals surface area contributed by atoms with Crippen molar-refractivity contribution in [2.24, 2.45) is 34.5 Å². The van der Waals surface area contributed by atoms with Gasteiger partial charge in [0.2, 0.25) is 0 Å². The minimum Gasteiger partial charge on any atom is -0.465 e. The molecule has 0 aromatic carbocycles. The number of esters is 4. The first kappa shape index (κ1) is 39.4. The Balaban J connectivity index is 1.84. The highest BCUT2D eigenvalue weighted by Crippen LogP contribution is 2.34. The van der Waals surface area contributed by atoms with Crippen LogP contribution in [0.1, 0.15) is 79.1 Å². The summed E-state index contributed by atoms with van der Waals surface area (Å²) in [5.74, 6) is -5.07. The van der Waals surface area contributed by atoms with E-state index in [2.05, 4.69) is 0 Å². The summed E-state index contributed by atoms with van der Waals surface area (Å²) in [4.78, 5) is 51.8. The zero-order valence-corrected chi connectivity index (χ0v) is 27.8. The van der Waals surface area contributed by atoms with E-state index in [1.165, 1.54) is 0 Å². The predicted molar refractivity (Wildman–Crippen MR) is 167 cm³/mol. The van der Waals surface area contributed by atoms with Crippen LogP contribution in [0.4, 0.5) is 0 Å². The van der Waals surface area contributed by atoms with Crippen molar-refractivity contribution in [1.82, 2.24) is 0 Å². The van der Waals surface area contributed by atoms with Crippen LogP contribution in [-0.4, -0.2) is 97.2 Å². The Kier molecular flexibility index (Phi) is 16.4.